The van der Waals surface area contributed by atoms with Crippen LogP contribution in [0.2, 0.25) is 0 Å². The minimum Gasteiger partial charge on any atom is -0.745 e. The monoisotopic (exact) mass is 489 g/mol. The molecular weight excluding hydrogens is 449 g/mol. The molecule has 0 aromatic heterocycles. The summed E-state index contributed by atoms with van der Waals surface area (Å²) < 4.78 is 36.5. The van der Waals surface area contributed by atoms with Crippen LogP contribution in [0.1, 0.15) is 96.8 Å². The van der Waals surface area contributed by atoms with Gasteiger partial charge >= 0.3 is 29.6 Å². The van der Waals surface area contributed by atoms with Gasteiger partial charge in [-0.3, -0.25) is 4.79 Å². The van der Waals surface area contributed by atoms with E-state index in [0.29, 0.717) is 12.1 Å². The average Bonchev–Trinajstić information content (AvgIpc) is 2.75. The number of ether oxygens (including phenoxy) is 1. The molecule has 1 N–H and O–H groups in total. The molecule has 8 heteroatoms. The molecule has 33 heavy (non-hydrogen) atoms. The van der Waals surface area contributed by atoms with Gasteiger partial charge < -0.3 is 14.6 Å². The third-order valence-corrected chi connectivity index (χ3v) is 5.58. The second-order valence-electron chi connectivity index (χ2n) is 8.23. The third kappa shape index (κ3) is 20.2. The van der Waals surface area contributed by atoms with Crippen molar-refractivity contribution in [3.8, 4) is 5.75 Å². The van der Waals surface area contributed by atoms with Crippen LogP contribution in [-0.4, -0.2) is 24.8 Å². The minimum absolute atomic E-state index is 0. The summed E-state index contributed by atoms with van der Waals surface area (Å²) in [5.41, 5.74) is 0.611. The summed E-state index contributed by atoms with van der Waals surface area (Å²) in [5, 5.41) is 2.81. The molecule has 1 amide bonds. The van der Waals surface area contributed by atoms with E-state index in [0.717, 1.165) is 25.7 Å². The van der Waals surface area contributed by atoms with Gasteiger partial charge in [0.15, 0.2) is 5.94 Å². The fourth-order valence-corrected chi connectivity index (χ4v) is 3.63. The van der Waals surface area contributed by atoms with Gasteiger partial charge in [0.05, 0.1) is 0 Å². The summed E-state index contributed by atoms with van der Waals surface area (Å²) in [4.78, 5) is 12.0. The molecule has 1 aromatic rings. The van der Waals surface area contributed by atoms with E-state index in [1.54, 1.807) is 12.1 Å². The van der Waals surface area contributed by atoms with Crippen LogP contribution < -0.4 is 39.6 Å². The number of unbranched alkanes of at least 4 members (excludes halogenated alkanes) is 11. The van der Waals surface area contributed by atoms with E-state index in [4.69, 9.17) is 4.74 Å². The molecular formula is C25H40NNaO5S. The Kier molecular flexibility index (Phi) is 20.0. The first-order chi connectivity index (χ1) is 15.4. The van der Waals surface area contributed by atoms with Crippen molar-refractivity contribution in [2.24, 2.45) is 0 Å². The zero-order chi connectivity index (χ0) is 23.5. The molecule has 6 nitrogen and oxygen atoms in total. The molecule has 0 spiro atoms. The Morgan fingerprint density at radius 3 is 1.94 bits per heavy atom. The number of amides is 1. The van der Waals surface area contributed by atoms with Crippen LogP contribution in [0.25, 0.3) is 0 Å². The topological polar surface area (TPSA) is 95.5 Å². The van der Waals surface area contributed by atoms with Crippen LogP contribution in [-0.2, 0) is 14.9 Å². The molecule has 0 aliphatic carbocycles. The third-order valence-electron chi connectivity index (χ3n) is 5.17. The van der Waals surface area contributed by atoms with Crippen LogP contribution in [0.3, 0.4) is 0 Å². The predicted octanol–water partition coefficient (Wildman–Crippen LogP) is 3.55. The molecule has 0 fully saturated rings. The Morgan fingerprint density at radius 2 is 1.39 bits per heavy atom. The Hall–Kier alpha value is -0.860. The molecule has 1 aromatic carbocycles. The van der Waals surface area contributed by atoms with Gasteiger partial charge in [-0.15, -0.1) is 0 Å². The summed E-state index contributed by atoms with van der Waals surface area (Å²) in [7, 11) is -4.43. The van der Waals surface area contributed by atoms with Crippen molar-refractivity contribution in [1.29, 1.82) is 0 Å². The molecule has 0 saturated heterocycles. The van der Waals surface area contributed by atoms with Crippen molar-refractivity contribution in [2.75, 3.05) is 11.3 Å². The minimum atomic E-state index is -4.43. The number of rotatable bonds is 19. The second-order valence-corrected chi connectivity index (χ2v) is 9.58. The van der Waals surface area contributed by atoms with Gasteiger partial charge in [0.2, 0.25) is 5.91 Å². The molecule has 0 bridgehead atoms. The second kappa shape index (κ2) is 20.5. The maximum absolute atomic E-state index is 12.0. The number of allylic oxidation sites excluding steroid dienone is 2. The summed E-state index contributed by atoms with van der Waals surface area (Å²) in [5.74, 6) is -0.688. The van der Waals surface area contributed by atoms with E-state index < -0.39 is 16.1 Å². The predicted molar refractivity (Wildman–Crippen MR) is 130 cm³/mol. The quantitative estimate of drug-likeness (QED) is 0.139. The molecule has 0 radical (unpaired) electrons. The van der Waals surface area contributed by atoms with Crippen LogP contribution >= 0.6 is 0 Å². The normalized spacial score (nSPS) is 11.3. The summed E-state index contributed by atoms with van der Waals surface area (Å²) in [6.45, 7) is 2.25. The Morgan fingerprint density at radius 1 is 0.879 bits per heavy atom. The van der Waals surface area contributed by atoms with Gasteiger partial charge in [0, 0.05) is 12.1 Å². The number of hydrogen-bond acceptors (Lipinski definition) is 5. The van der Waals surface area contributed by atoms with Crippen LogP contribution in [0.5, 0.6) is 5.75 Å². The molecule has 0 saturated carbocycles. The first kappa shape index (κ1) is 32.1. The molecule has 182 valence electrons. The van der Waals surface area contributed by atoms with Crippen molar-refractivity contribution in [3.05, 3.63) is 36.4 Å². The van der Waals surface area contributed by atoms with E-state index >= 15 is 0 Å². The standard InChI is InChI=1S/C25H41NO5S.Na/c1-2-3-4-5-6-7-8-9-10-11-12-13-14-15-16-17-25(27)26-23-18-20-24(21-19-23)31-22-32(28,29)30;/h9-10,18-21H,2-8,11-17,22H2,1H3,(H,26,27)(H,28,29,30);/q;+1/p-1. The van der Waals surface area contributed by atoms with E-state index in [9.17, 15) is 17.8 Å². The first-order valence-electron chi connectivity index (χ1n) is 12.0. The number of carbonyl (C=O) groups excluding carboxylic acids is 1. The maximum atomic E-state index is 12.0. The fourth-order valence-electron chi connectivity index (χ4n) is 3.35. The van der Waals surface area contributed by atoms with E-state index in [1.807, 2.05) is 0 Å². The van der Waals surface area contributed by atoms with Gasteiger partial charge in [-0.05, 0) is 56.4 Å². The molecule has 0 atom stereocenters. The Bertz CT molecular complexity index is 751. The van der Waals surface area contributed by atoms with Gasteiger partial charge in [-0.2, -0.15) is 0 Å². The number of hydrogen-bond donors (Lipinski definition) is 1. The SMILES string of the molecule is CCCCCCCCC=CCCCCCCCC(=O)Nc1ccc(OCS(=O)(=O)[O-])cc1.[Na+]. The van der Waals surface area contributed by atoms with Gasteiger partial charge in [-0.25, -0.2) is 8.42 Å². The molecule has 0 aliphatic rings. The Balaban J connectivity index is 0.0000102. The molecule has 0 aliphatic heterocycles. The van der Waals surface area contributed by atoms with Gasteiger partial charge in [0.1, 0.15) is 15.9 Å². The van der Waals surface area contributed by atoms with Crippen molar-refractivity contribution >= 4 is 21.7 Å². The van der Waals surface area contributed by atoms with Crippen molar-refractivity contribution in [3.63, 3.8) is 0 Å². The van der Waals surface area contributed by atoms with Crippen LogP contribution in [0.15, 0.2) is 36.4 Å². The largest absolute Gasteiger partial charge is 1.00 e. The zero-order valence-corrected chi connectivity index (χ0v) is 23.3. The van der Waals surface area contributed by atoms with Crippen molar-refractivity contribution in [1.82, 2.24) is 0 Å². The summed E-state index contributed by atoms with van der Waals surface area (Å²) in [6.07, 6.45) is 21.0. The molecule has 0 unspecified atom stereocenters. The average molecular weight is 490 g/mol. The van der Waals surface area contributed by atoms with Crippen LogP contribution in [0, 0.1) is 0 Å². The molecule has 1 rings (SSSR count). The van der Waals surface area contributed by atoms with E-state index in [-0.39, 0.29) is 41.2 Å². The van der Waals surface area contributed by atoms with E-state index in [1.165, 1.54) is 69.9 Å². The Labute approximate surface area is 223 Å². The van der Waals surface area contributed by atoms with Gasteiger partial charge in [-0.1, -0.05) is 70.4 Å². The fraction of sp³-hybridized carbons (Fsp3) is 0.640. The number of carbonyl (C=O) groups is 1. The number of nitrogens with one attached hydrogen (secondary N) is 1. The van der Waals surface area contributed by atoms with Crippen LogP contribution in [0.4, 0.5) is 5.69 Å². The molecule has 0 heterocycles. The zero-order valence-electron chi connectivity index (χ0n) is 20.5. The van der Waals surface area contributed by atoms with Crippen molar-refractivity contribution < 1.29 is 52.1 Å². The smallest absolute Gasteiger partial charge is 0.745 e. The van der Waals surface area contributed by atoms with Gasteiger partial charge in [0.25, 0.3) is 0 Å². The summed E-state index contributed by atoms with van der Waals surface area (Å²) >= 11 is 0. The first-order valence-corrected chi connectivity index (χ1v) is 13.6. The van der Waals surface area contributed by atoms with E-state index in [2.05, 4.69) is 24.4 Å². The summed E-state index contributed by atoms with van der Waals surface area (Å²) in [6, 6.07) is 6.26. The number of anilines is 1. The number of benzene rings is 1. The van der Waals surface area contributed by atoms with Crippen molar-refractivity contribution in [2.45, 2.75) is 96.8 Å². The maximum Gasteiger partial charge on any atom is 1.00 e.